The molecule has 0 radical (unpaired) electrons. The topological polar surface area (TPSA) is 335 Å². The molecule has 0 saturated carbocycles. The fraction of sp³-hybridized carbons (Fsp3) is 0.410. The number of aliphatic hydroxyl groups excluding tert-OH is 1. The van der Waals surface area contributed by atoms with Crippen molar-refractivity contribution in [3.8, 4) is 11.1 Å². The molecule has 1 aliphatic rings. The highest BCUT2D eigenvalue weighted by Crippen LogP contribution is 2.33. The average Bonchev–Trinajstić information content (AvgIpc) is 3.24. The van der Waals surface area contributed by atoms with Crippen LogP contribution in [-0.4, -0.2) is 134 Å². The van der Waals surface area contributed by atoms with E-state index in [1.54, 1.807) is 12.1 Å². The Hall–Kier alpha value is -6.91. The minimum Gasteiger partial charge on any atom is -0.548 e. The smallest absolute Gasteiger partial charge is 0.310 e. The maximum Gasteiger partial charge on any atom is 0.310 e. The molecule has 1 fully saturated rings. The summed E-state index contributed by atoms with van der Waals surface area (Å²) in [6.45, 7) is -1.93. The van der Waals surface area contributed by atoms with Gasteiger partial charge in [0.15, 0.2) is 17.0 Å². The Morgan fingerprint density at radius 1 is 0.951 bits per heavy atom. The lowest BCUT2D eigenvalue weighted by atomic mass is 10.0. The summed E-state index contributed by atoms with van der Waals surface area (Å²) in [6, 6.07) is 12.9. The third kappa shape index (κ3) is 13.6. The first-order valence-corrected chi connectivity index (χ1v) is 19.1. The molecule has 9 N–H and O–H groups in total. The molecule has 0 bridgehead atoms. The van der Waals surface area contributed by atoms with Crippen LogP contribution in [0.25, 0.3) is 22.1 Å². The number of guanidine groups is 1. The number of nitrogens with zero attached hydrogens (tertiary/aromatic N) is 3. The summed E-state index contributed by atoms with van der Waals surface area (Å²) in [4.78, 5) is 105. The number of para-hydroxylation sites is 1. The summed E-state index contributed by atoms with van der Waals surface area (Å²) in [5.41, 5.74) is 12.3. The van der Waals surface area contributed by atoms with Gasteiger partial charge in [-0.3, -0.25) is 38.6 Å². The van der Waals surface area contributed by atoms with Crippen LogP contribution in [0.1, 0.15) is 32.1 Å². The van der Waals surface area contributed by atoms with Gasteiger partial charge in [-0.25, -0.2) is 4.48 Å². The molecule has 2 atom stereocenters. The highest BCUT2D eigenvalue weighted by molar-refractivity contribution is 5.95. The second kappa shape index (κ2) is 22.5. The van der Waals surface area contributed by atoms with Crippen LogP contribution < -0.4 is 42.4 Å². The summed E-state index contributed by atoms with van der Waals surface area (Å²) in [5.74, 6) is -7.96. The van der Waals surface area contributed by atoms with Gasteiger partial charge in [-0.05, 0) is 24.5 Å². The van der Waals surface area contributed by atoms with Gasteiger partial charge in [0.25, 0.3) is 0 Å². The lowest BCUT2D eigenvalue weighted by molar-refractivity contribution is -0.304. The summed E-state index contributed by atoms with van der Waals surface area (Å²) in [6.07, 6.45) is -1.97. The van der Waals surface area contributed by atoms with Gasteiger partial charge in [-0.1, -0.05) is 42.5 Å². The fourth-order valence-corrected chi connectivity index (χ4v) is 6.44. The normalized spacial score (nSPS) is 14.1. The van der Waals surface area contributed by atoms with Crippen LogP contribution >= 0.6 is 0 Å². The van der Waals surface area contributed by atoms with Crippen LogP contribution in [0.4, 0.5) is 5.88 Å². The average molecular weight is 853 g/mol. The largest absolute Gasteiger partial charge is 0.548 e. The third-order valence-corrected chi connectivity index (χ3v) is 9.58. The zero-order chi connectivity index (χ0) is 44.5. The number of rotatable bonds is 22. The quantitative estimate of drug-likeness (QED) is 0.0134. The van der Waals surface area contributed by atoms with E-state index < -0.39 is 92.7 Å². The molecule has 0 unspecified atom stereocenters. The van der Waals surface area contributed by atoms with Crippen molar-refractivity contribution in [2.45, 2.75) is 44.2 Å². The number of carbonyl (C=O) groups is 7. The van der Waals surface area contributed by atoms with E-state index in [0.717, 1.165) is 10.5 Å². The second-order valence-corrected chi connectivity index (χ2v) is 13.8. The van der Waals surface area contributed by atoms with Crippen LogP contribution in [0.3, 0.4) is 0 Å². The summed E-state index contributed by atoms with van der Waals surface area (Å²) in [5, 5.41) is 36.7. The maximum atomic E-state index is 13.5. The number of carboxylic acids is 2. The number of aliphatic imine (C=N–C) groups is 1. The Labute approximate surface area is 348 Å². The molecule has 3 aromatic rings. The van der Waals surface area contributed by atoms with Gasteiger partial charge in [0.2, 0.25) is 30.4 Å². The fourth-order valence-electron chi connectivity index (χ4n) is 6.44. The minimum absolute atomic E-state index is 0.0141. The number of esters is 1. The van der Waals surface area contributed by atoms with Crippen molar-refractivity contribution in [2.24, 2.45) is 16.5 Å². The van der Waals surface area contributed by atoms with Crippen molar-refractivity contribution in [1.82, 2.24) is 25.3 Å². The summed E-state index contributed by atoms with van der Waals surface area (Å²) < 4.78 is 17.6. The van der Waals surface area contributed by atoms with Gasteiger partial charge < -0.3 is 66.3 Å². The molecule has 4 amide bonds. The van der Waals surface area contributed by atoms with E-state index in [1.165, 1.54) is 6.07 Å². The van der Waals surface area contributed by atoms with Gasteiger partial charge in [-0.2, -0.15) is 0 Å². The van der Waals surface area contributed by atoms with E-state index in [4.69, 9.17) is 30.5 Å². The standard InChI is InChI=1S/C39H48N8O14/c40-39(41)42-13-5-10-28(38(58)43-20-30(50)45-27(18-33(52)53)37(57)44-21-34(54)55)46(22-48)31(51)11-12-35(56)60-23-47(14-16-59-17-15-47)32-19-29(49)26-9-4-8-25(36(26)61-32)24-6-2-1-3-7-24/h1-4,6-9,19,27-28,48H,5,10-18,20-23H2,(H8-,40,41,42,43,44,45,50,52,53,54,55,57,58)/t27-,28-/m0/s1. The van der Waals surface area contributed by atoms with Crippen molar-refractivity contribution in [1.29, 1.82) is 0 Å². The first kappa shape index (κ1) is 46.8. The molecule has 328 valence electrons. The molecule has 0 aliphatic carbocycles. The third-order valence-electron chi connectivity index (χ3n) is 9.58. The monoisotopic (exact) mass is 852 g/mol. The van der Waals surface area contributed by atoms with Crippen molar-refractivity contribution in [3.63, 3.8) is 0 Å². The minimum atomic E-state index is -1.72. The van der Waals surface area contributed by atoms with Crippen molar-refractivity contribution in [2.75, 3.05) is 59.4 Å². The van der Waals surface area contributed by atoms with Gasteiger partial charge in [0.1, 0.15) is 31.9 Å². The van der Waals surface area contributed by atoms with Crippen LogP contribution in [0.5, 0.6) is 0 Å². The SMILES string of the molecule is NC(N)=NCCC[C@@H](C(=O)NCC(=O)N[C@@H](CC(=O)O)C(=O)NCC(=O)[O-])N(CO)C(=O)CCC(=O)OC[N+]1(c2cc(=O)c3cccc(-c4ccccc4)c3o2)CCOCC1. The van der Waals surface area contributed by atoms with E-state index in [2.05, 4.69) is 15.6 Å². The van der Waals surface area contributed by atoms with Gasteiger partial charge in [-0.15, -0.1) is 0 Å². The molecule has 1 aromatic heterocycles. The molecular formula is C39H48N8O14. The first-order chi connectivity index (χ1) is 29.1. The predicted octanol–water partition coefficient (Wildman–Crippen LogP) is -2.78. The highest BCUT2D eigenvalue weighted by atomic mass is 16.6. The molecular weight excluding hydrogens is 804 g/mol. The molecule has 61 heavy (non-hydrogen) atoms. The van der Waals surface area contributed by atoms with Crippen LogP contribution in [0.2, 0.25) is 0 Å². The number of fused-ring (bicyclic) bond motifs is 1. The van der Waals surface area contributed by atoms with Crippen LogP contribution in [0.15, 0.2) is 68.8 Å². The van der Waals surface area contributed by atoms with Crippen molar-refractivity contribution < 1.29 is 62.8 Å². The maximum absolute atomic E-state index is 13.5. The predicted molar refractivity (Wildman–Crippen MR) is 213 cm³/mol. The Bertz CT molecular complexity index is 2150. The van der Waals surface area contributed by atoms with E-state index in [-0.39, 0.29) is 74.2 Å². The Kier molecular flexibility index (Phi) is 17.2. The number of nitrogens with one attached hydrogen (secondary N) is 3. The molecule has 1 saturated heterocycles. The number of carboxylic acid groups (broad SMARTS) is 2. The second-order valence-electron chi connectivity index (χ2n) is 13.8. The van der Waals surface area contributed by atoms with Crippen LogP contribution in [-0.2, 0) is 43.0 Å². The van der Waals surface area contributed by atoms with Gasteiger partial charge in [0, 0.05) is 18.5 Å². The Morgan fingerprint density at radius 3 is 2.31 bits per heavy atom. The number of hydrogen-bond donors (Lipinski definition) is 7. The number of benzene rings is 2. The molecule has 2 aromatic carbocycles. The van der Waals surface area contributed by atoms with Crippen molar-refractivity contribution >= 4 is 64.3 Å². The zero-order valence-corrected chi connectivity index (χ0v) is 33.0. The Balaban J connectivity index is 1.44. The summed E-state index contributed by atoms with van der Waals surface area (Å²) >= 11 is 0. The lowest BCUT2D eigenvalue weighted by Gasteiger charge is -2.37. The number of hydrogen-bond acceptors (Lipinski definition) is 14. The number of quaternary nitrogens is 1. The number of aliphatic hydroxyl groups is 1. The molecule has 22 nitrogen and oxygen atoms in total. The number of carbonyl (C=O) groups excluding carboxylic acids is 6. The summed E-state index contributed by atoms with van der Waals surface area (Å²) in [7, 11) is 0. The van der Waals surface area contributed by atoms with E-state index in [0.29, 0.717) is 16.5 Å². The molecule has 22 heteroatoms. The van der Waals surface area contributed by atoms with Gasteiger partial charge in [0.05, 0.1) is 56.6 Å². The lowest BCUT2D eigenvalue weighted by Crippen LogP contribution is -2.58. The zero-order valence-electron chi connectivity index (χ0n) is 33.0. The van der Waals surface area contributed by atoms with Crippen LogP contribution in [0, 0.1) is 0 Å². The number of ether oxygens (including phenoxy) is 2. The first-order valence-electron chi connectivity index (χ1n) is 19.1. The number of nitrogens with two attached hydrogens (primary N) is 2. The molecule has 2 heterocycles. The molecule has 1 aliphatic heterocycles. The van der Waals surface area contributed by atoms with E-state index >= 15 is 0 Å². The number of aliphatic carboxylic acids is 2. The van der Waals surface area contributed by atoms with E-state index in [9.17, 15) is 48.6 Å². The van der Waals surface area contributed by atoms with E-state index in [1.807, 2.05) is 41.7 Å². The number of amides is 4. The highest BCUT2D eigenvalue weighted by Gasteiger charge is 2.38. The molecule has 0 spiro atoms. The van der Waals surface area contributed by atoms with Crippen molar-refractivity contribution in [3.05, 3.63) is 64.8 Å². The Morgan fingerprint density at radius 2 is 1.66 bits per heavy atom. The molecule has 4 rings (SSSR count). The van der Waals surface area contributed by atoms with Gasteiger partial charge >= 0.3 is 17.8 Å². The number of morpholine rings is 1.